The van der Waals surface area contributed by atoms with E-state index >= 15 is 0 Å². The average molecular weight is 354 g/mol. The van der Waals surface area contributed by atoms with Crippen LogP contribution < -0.4 is 0 Å². The quantitative estimate of drug-likeness (QED) is 0.837. The first-order valence-corrected chi connectivity index (χ1v) is 9.62. The number of amides is 1. The van der Waals surface area contributed by atoms with Crippen LogP contribution in [0.3, 0.4) is 0 Å². The first kappa shape index (κ1) is 17.2. The first-order valence-electron chi connectivity index (χ1n) is 9.62. The predicted molar refractivity (Wildman–Crippen MR) is 97.6 cm³/mol. The fourth-order valence-electron chi connectivity index (χ4n) is 3.67. The van der Waals surface area contributed by atoms with E-state index in [0.717, 1.165) is 67.3 Å². The predicted octanol–water partition coefficient (Wildman–Crippen LogP) is 3.68. The maximum absolute atomic E-state index is 12.2. The lowest BCUT2D eigenvalue weighted by Crippen LogP contribution is -2.39. The molecule has 2 aromatic rings. The van der Waals surface area contributed by atoms with Gasteiger partial charge in [0.05, 0.1) is 17.0 Å². The van der Waals surface area contributed by atoms with Gasteiger partial charge in [0.15, 0.2) is 5.76 Å². The molecule has 0 bridgehead atoms. The highest BCUT2D eigenvalue weighted by atomic mass is 16.5. The number of piperidine rings is 1. The molecule has 0 spiro atoms. The number of carbonyl (C=O) groups excluding carboxylic acids is 1. The van der Waals surface area contributed by atoms with Crippen molar-refractivity contribution in [3.8, 4) is 11.3 Å². The highest BCUT2D eigenvalue weighted by Gasteiger charge is 2.35. The molecule has 3 heterocycles. The number of rotatable bonds is 4. The van der Waals surface area contributed by atoms with Crippen molar-refractivity contribution in [2.45, 2.75) is 58.3 Å². The lowest BCUT2D eigenvalue weighted by atomic mass is 9.94. The van der Waals surface area contributed by atoms with Crippen LogP contribution >= 0.6 is 0 Å². The third-order valence-electron chi connectivity index (χ3n) is 5.38. The largest absolute Gasteiger partial charge is 0.356 e. The molecule has 0 atom stereocenters. The van der Waals surface area contributed by atoms with Gasteiger partial charge in [0.2, 0.25) is 5.91 Å². The summed E-state index contributed by atoms with van der Waals surface area (Å²) in [6.07, 6.45) is 5.90. The summed E-state index contributed by atoms with van der Waals surface area (Å²) in [7, 11) is 0. The Morgan fingerprint density at radius 2 is 1.96 bits per heavy atom. The Morgan fingerprint density at radius 1 is 1.23 bits per heavy atom. The van der Waals surface area contributed by atoms with Gasteiger partial charge in [-0.15, -0.1) is 0 Å². The molecule has 1 saturated carbocycles. The van der Waals surface area contributed by atoms with E-state index in [1.54, 1.807) is 0 Å². The van der Waals surface area contributed by atoms with Crippen molar-refractivity contribution in [2.24, 2.45) is 5.92 Å². The summed E-state index contributed by atoms with van der Waals surface area (Å²) < 4.78 is 5.42. The van der Waals surface area contributed by atoms with Crippen LogP contribution in [0.5, 0.6) is 0 Å². The summed E-state index contributed by atoms with van der Waals surface area (Å²) in [5, 5.41) is 3.98. The second-order valence-corrected chi connectivity index (χ2v) is 7.89. The van der Waals surface area contributed by atoms with Gasteiger partial charge in [-0.05, 0) is 38.5 Å². The monoisotopic (exact) mass is 354 g/mol. The van der Waals surface area contributed by atoms with E-state index in [2.05, 4.69) is 24.0 Å². The zero-order chi connectivity index (χ0) is 18.3. The van der Waals surface area contributed by atoms with Gasteiger partial charge in [-0.3, -0.25) is 4.79 Å². The summed E-state index contributed by atoms with van der Waals surface area (Å²) in [4.78, 5) is 23.8. The van der Waals surface area contributed by atoms with Crippen molar-refractivity contribution >= 4 is 5.91 Å². The van der Waals surface area contributed by atoms with Gasteiger partial charge in [0.25, 0.3) is 0 Å². The van der Waals surface area contributed by atoms with Crippen molar-refractivity contribution in [2.75, 3.05) is 13.1 Å². The zero-order valence-electron chi connectivity index (χ0n) is 15.7. The van der Waals surface area contributed by atoms with Crippen molar-refractivity contribution < 1.29 is 9.32 Å². The number of aryl methyl sites for hydroxylation is 1. The molecular weight excluding hydrogens is 328 g/mol. The second kappa shape index (κ2) is 6.82. The molecular formula is C20H26N4O2. The van der Waals surface area contributed by atoms with Crippen molar-refractivity contribution in [1.82, 2.24) is 20.0 Å². The van der Waals surface area contributed by atoms with Crippen LogP contribution in [0, 0.1) is 12.8 Å². The Labute approximate surface area is 154 Å². The van der Waals surface area contributed by atoms with E-state index in [4.69, 9.17) is 9.51 Å². The van der Waals surface area contributed by atoms with Crippen LogP contribution in [0.4, 0.5) is 0 Å². The van der Waals surface area contributed by atoms with E-state index in [1.165, 1.54) is 0 Å². The van der Waals surface area contributed by atoms with Crippen molar-refractivity contribution in [3.63, 3.8) is 0 Å². The van der Waals surface area contributed by atoms with Crippen LogP contribution in [0.2, 0.25) is 0 Å². The molecule has 6 nitrogen and oxygen atoms in total. The van der Waals surface area contributed by atoms with E-state index in [9.17, 15) is 4.79 Å². The highest BCUT2D eigenvalue weighted by molar-refractivity contribution is 5.81. The van der Waals surface area contributed by atoms with Gasteiger partial charge in [-0.2, -0.15) is 0 Å². The third kappa shape index (κ3) is 3.37. The Hall–Kier alpha value is -2.24. The molecule has 6 heteroatoms. The highest BCUT2D eigenvalue weighted by Crippen LogP contribution is 2.35. The summed E-state index contributed by atoms with van der Waals surface area (Å²) in [5.74, 6) is 2.87. The molecule has 26 heavy (non-hydrogen) atoms. The summed E-state index contributed by atoms with van der Waals surface area (Å²) in [6, 6.07) is 1.92. The zero-order valence-corrected chi connectivity index (χ0v) is 15.7. The van der Waals surface area contributed by atoms with Crippen LogP contribution in [-0.2, 0) is 4.79 Å². The van der Waals surface area contributed by atoms with Gasteiger partial charge in [-0.1, -0.05) is 19.0 Å². The normalized spacial score (nSPS) is 18.5. The summed E-state index contributed by atoms with van der Waals surface area (Å²) in [5.41, 5.74) is 2.78. The molecule has 138 valence electrons. The van der Waals surface area contributed by atoms with E-state index < -0.39 is 0 Å². The standard InChI is InChI=1S/C20H26N4O2/c1-12(2)18-16(17-10-13(3)23-26-17)11-21-19(22-18)14-6-8-24(9-7-14)20(25)15-4-5-15/h10-12,14-15H,4-9H2,1-3H3. The molecule has 0 radical (unpaired) electrons. The number of hydrogen-bond donors (Lipinski definition) is 0. The maximum Gasteiger partial charge on any atom is 0.225 e. The number of hydrogen-bond acceptors (Lipinski definition) is 5. The SMILES string of the molecule is Cc1cc(-c2cnc(C3CCN(C(=O)C4CC4)CC3)nc2C(C)C)on1. The lowest BCUT2D eigenvalue weighted by molar-refractivity contribution is -0.133. The Balaban J connectivity index is 1.52. The van der Waals surface area contributed by atoms with Crippen molar-refractivity contribution in [1.29, 1.82) is 0 Å². The lowest BCUT2D eigenvalue weighted by Gasteiger charge is -2.31. The number of carbonyl (C=O) groups is 1. The van der Waals surface area contributed by atoms with Gasteiger partial charge in [0, 0.05) is 37.2 Å². The molecule has 2 fully saturated rings. The molecule has 0 N–H and O–H groups in total. The average Bonchev–Trinajstić information content (AvgIpc) is 3.42. The van der Waals surface area contributed by atoms with Crippen LogP contribution in [0.25, 0.3) is 11.3 Å². The van der Waals surface area contributed by atoms with E-state index in [1.807, 2.05) is 24.1 Å². The second-order valence-electron chi connectivity index (χ2n) is 7.89. The third-order valence-corrected chi connectivity index (χ3v) is 5.38. The van der Waals surface area contributed by atoms with Gasteiger partial charge < -0.3 is 9.42 Å². The van der Waals surface area contributed by atoms with Gasteiger partial charge in [0.1, 0.15) is 5.82 Å². The molecule has 0 unspecified atom stereocenters. The smallest absolute Gasteiger partial charge is 0.225 e. The number of aromatic nitrogens is 3. The van der Waals surface area contributed by atoms with E-state index in [0.29, 0.717) is 17.7 Å². The summed E-state index contributed by atoms with van der Waals surface area (Å²) >= 11 is 0. The fourth-order valence-corrected chi connectivity index (χ4v) is 3.67. The van der Waals surface area contributed by atoms with Gasteiger partial charge >= 0.3 is 0 Å². The fraction of sp³-hybridized carbons (Fsp3) is 0.600. The molecule has 1 aliphatic carbocycles. The Bertz CT molecular complexity index is 802. The molecule has 4 rings (SSSR count). The topological polar surface area (TPSA) is 72.1 Å². The number of nitrogens with zero attached hydrogens (tertiary/aromatic N) is 4. The summed E-state index contributed by atoms with van der Waals surface area (Å²) in [6.45, 7) is 7.83. The molecule has 2 aromatic heterocycles. The van der Waals surface area contributed by atoms with Crippen molar-refractivity contribution in [3.05, 3.63) is 29.5 Å². The molecule has 1 amide bonds. The molecule has 1 saturated heterocycles. The van der Waals surface area contributed by atoms with Crippen LogP contribution in [-0.4, -0.2) is 39.0 Å². The van der Waals surface area contributed by atoms with Gasteiger partial charge in [-0.25, -0.2) is 9.97 Å². The maximum atomic E-state index is 12.2. The first-order chi connectivity index (χ1) is 12.5. The van der Waals surface area contributed by atoms with Crippen LogP contribution in [0.15, 0.2) is 16.8 Å². The minimum absolute atomic E-state index is 0.272. The minimum Gasteiger partial charge on any atom is -0.356 e. The molecule has 0 aromatic carbocycles. The van der Waals surface area contributed by atoms with E-state index in [-0.39, 0.29) is 5.92 Å². The Morgan fingerprint density at radius 3 is 2.54 bits per heavy atom. The number of likely N-dealkylation sites (tertiary alicyclic amines) is 1. The molecule has 2 aliphatic rings. The Kier molecular flexibility index (Phi) is 4.51. The minimum atomic E-state index is 0.272. The van der Waals surface area contributed by atoms with Crippen LogP contribution in [0.1, 0.15) is 68.6 Å². The molecule has 1 aliphatic heterocycles.